The summed E-state index contributed by atoms with van der Waals surface area (Å²) in [6.45, 7) is 6.69. The minimum atomic E-state index is 0.666. The summed E-state index contributed by atoms with van der Waals surface area (Å²) in [4.78, 5) is 0. The fourth-order valence-corrected chi connectivity index (χ4v) is 1.93. The summed E-state index contributed by atoms with van der Waals surface area (Å²) in [5.41, 5.74) is 1.18. The number of para-hydroxylation sites is 1. The average Bonchev–Trinajstić information content (AvgIpc) is 2.93. The van der Waals surface area contributed by atoms with E-state index in [0.717, 1.165) is 37.6 Å². The molecule has 0 spiro atoms. The van der Waals surface area contributed by atoms with Crippen molar-refractivity contribution in [1.82, 2.24) is 5.32 Å². The molecule has 0 aliphatic carbocycles. The second-order valence-corrected chi connectivity index (χ2v) is 5.32. The van der Waals surface area contributed by atoms with E-state index in [4.69, 9.17) is 9.15 Å². The van der Waals surface area contributed by atoms with E-state index in [9.17, 15) is 0 Å². The van der Waals surface area contributed by atoms with Crippen LogP contribution in [0.15, 0.2) is 47.1 Å². The molecule has 1 aromatic carbocycles. The van der Waals surface area contributed by atoms with Crippen molar-refractivity contribution in [3.05, 3.63) is 54.0 Å². The topological polar surface area (TPSA) is 34.4 Å². The third-order valence-electron chi connectivity index (χ3n) is 3.12. The Morgan fingerprint density at radius 1 is 1.10 bits per heavy atom. The number of hydrogen-bond donors (Lipinski definition) is 1. The van der Waals surface area contributed by atoms with Gasteiger partial charge >= 0.3 is 0 Å². The molecule has 20 heavy (non-hydrogen) atoms. The Balaban J connectivity index is 1.83. The maximum Gasteiger partial charge on any atom is 0.123 e. The molecule has 0 saturated heterocycles. The van der Waals surface area contributed by atoms with Crippen LogP contribution < -0.4 is 10.1 Å². The van der Waals surface area contributed by atoms with Crippen molar-refractivity contribution in [2.75, 3.05) is 6.61 Å². The highest BCUT2D eigenvalue weighted by molar-refractivity contribution is 5.33. The Labute approximate surface area is 121 Å². The van der Waals surface area contributed by atoms with Gasteiger partial charge in [-0.25, -0.2) is 0 Å². The Morgan fingerprint density at radius 3 is 2.70 bits per heavy atom. The Morgan fingerprint density at radius 2 is 1.95 bits per heavy atom. The van der Waals surface area contributed by atoms with Gasteiger partial charge in [-0.05, 0) is 30.5 Å². The van der Waals surface area contributed by atoms with E-state index in [2.05, 4.69) is 25.2 Å². The lowest BCUT2D eigenvalue weighted by molar-refractivity contribution is 0.286. The number of ether oxygens (including phenoxy) is 1. The van der Waals surface area contributed by atoms with Crippen LogP contribution in [0.25, 0.3) is 0 Å². The molecule has 0 atom stereocenters. The summed E-state index contributed by atoms with van der Waals surface area (Å²) in [6, 6.07) is 12.1. The zero-order valence-electron chi connectivity index (χ0n) is 12.3. The predicted octanol–water partition coefficient (Wildman–Crippen LogP) is 3.99. The van der Waals surface area contributed by atoms with E-state index in [1.165, 1.54) is 5.56 Å². The first kappa shape index (κ1) is 14.7. The van der Waals surface area contributed by atoms with Crippen LogP contribution in [0.2, 0.25) is 0 Å². The van der Waals surface area contributed by atoms with Crippen molar-refractivity contribution in [2.45, 2.75) is 33.4 Å². The summed E-state index contributed by atoms with van der Waals surface area (Å²) < 4.78 is 11.2. The third kappa shape index (κ3) is 4.74. The van der Waals surface area contributed by atoms with Crippen LogP contribution in [0.3, 0.4) is 0 Å². The smallest absolute Gasteiger partial charge is 0.123 e. The molecule has 1 aromatic heterocycles. The summed E-state index contributed by atoms with van der Waals surface area (Å²) in [5.74, 6) is 2.59. The Hall–Kier alpha value is -1.74. The number of rotatable bonds is 8. The van der Waals surface area contributed by atoms with Gasteiger partial charge in [0.2, 0.25) is 0 Å². The molecule has 0 saturated carbocycles. The van der Waals surface area contributed by atoms with Crippen molar-refractivity contribution in [2.24, 2.45) is 5.92 Å². The first-order valence-electron chi connectivity index (χ1n) is 7.19. The normalized spacial score (nSPS) is 10.9. The lowest BCUT2D eigenvalue weighted by Crippen LogP contribution is -2.13. The number of nitrogens with one attached hydrogen (secondary N) is 1. The van der Waals surface area contributed by atoms with Crippen LogP contribution in [0.1, 0.15) is 31.6 Å². The van der Waals surface area contributed by atoms with Crippen LogP contribution in [0.4, 0.5) is 0 Å². The zero-order chi connectivity index (χ0) is 14.2. The molecule has 0 bridgehead atoms. The number of hydrogen-bond acceptors (Lipinski definition) is 3. The Bertz CT molecular complexity index is 491. The van der Waals surface area contributed by atoms with Gasteiger partial charge in [-0.3, -0.25) is 0 Å². The molecule has 1 heterocycles. The van der Waals surface area contributed by atoms with Gasteiger partial charge in [0.15, 0.2) is 0 Å². The van der Waals surface area contributed by atoms with Gasteiger partial charge in [-0.15, -0.1) is 0 Å². The molecular formula is C17H23NO2. The fraction of sp³-hybridized carbons (Fsp3) is 0.412. The summed E-state index contributed by atoms with van der Waals surface area (Å²) in [7, 11) is 0. The van der Waals surface area contributed by atoms with Gasteiger partial charge < -0.3 is 14.5 Å². The van der Waals surface area contributed by atoms with Crippen molar-refractivity contribution in [3.63, 3.8) is 0 Å². The maximum atomic E-state index is 5.87. The largest absolute Gasteiger partial charge is 0.493 e. The standard InChI is InChI=1S/C17H23NO2/c1-14(2)9-11-20-17-8-4-3-6-15(17)12-18-13-16-7-5-10-19-16/h3-8,10,14,18H,9,11-13H2,1-2H3. The summed E-state index contributed by atoms with van der Waals surface area (Å²) in [5, 5.41) is 3.37. The van der Waals surface area contributed by atoms with E-state index in [1.807, 2.05) is 30.3 Å². The minimum absolute atomic E-state index is 0.666. The van der Waals surface area contributed by atoms with Crippen LogP contribution >= 0.6 is 0 Å². The van der Waals surface area contributed by atoms with Crippen LogP contribution in [0, 0.1) is 5.92 Å². The van der Waals surface area contributed by atoms with Crippen LogP contribution in [-0.4, -0.2) is 6.61 Å². The molecule has 0 radical (unpaired) electrons. The van der Waals surface area contributed by atoms with Crippen molar-refractivity contribution in [3.8, 4) is 5.75 Å². The Kier molecular flexibility index (Phi) is 5.69. The van der Waals surface area contributed by atoms with E-state index < -0.39 is 0 Å². The van der Waals surface area contributed by atoms with Gasteiger partial charge in [-0.1, -0.05) is 32.0 Å². The summed E-state index contributed by atoms with van der Waals surface area (Å²) >= 11 is 0. The van der Waals surface area contributed by atoms with Crippen molar-refractivity contribution >= 4 is 0 Å². The van der Waals surface area contributed by atoms with Crippen molar-refractivity contribution < 1.29 is 9.15 Å². The fourth-order valence-electron chi connectivity index (χ4n) is 1.93. The van der Waals surface area contributed by atoms with E-state index >= 15 is 0 Å². The molecule has 0 amide bonds. The quantitative estimate of drug-likeness (QED) is 0.789. The molecule has 2 rings (SSSR count). The second-order valence-electron chi connectivity index (χ2n) is 5.32. The molecule has 0 unspecified atom stereocenters. The van der Waals surface area contributed by atoms with E-state index in [-0.39, 0.29) is 0 Å². The maximum absolute atomic E-state index is 5.87. The molecule has 1 N–H and O–H groups in total. The van der Waals surface area contributed by atoms with Gasteiger partial charge in [0, 0.05) is 12.1 Å². The first-order chi connectivity index (χ1) is 9.75. The minimum Gasteiger partial charge on any atom is -0.493 e. The molecule has 3 heteroatoms. The molecule has 0 aliphatic rings. The van der Waals surface area contributed by atoms with Gasteiger partial charge in [0.25, 0.3) is 0 Å². The highest BCUT2D eigenvalue weighted by Gasteiger charge is 2.04. The summed E-state index contributed by atoms with van der Waals surface area (Å²) in [6.07, 6.45) is 2.77. The molecular weight excluding hydrogens is 250 g/mol. The number of furan rings is 1. The number of benzene rings is 1. The monoisotopic (exact) mass is 273 g/mol. The molecule has 0 fully saturated rings. The lowest BCUT2D eigenvalue weighted by Gasteiger charge is -2.12. The second kappa shape index (κ2) is 7.75. The van der Waals surface area contributed by atoms with Gasteiger partial charge in [0.1, 0.15) is 11.5 Å². The highest BCUT2D eigenvalue weighted by Crippen LogP contribution is 2.18. The van der Waals surface area contributed by atoms with E-state index in [0.29, 0.717) is 5.92 Å². The average molecular weight is 273 g/mol. The lowest BCUT2D eigenvalue weighted by atomic mass is 10.1. The SMILES string of the molecule is CC(C)CCOc1ccccc1CNCc1ccco1. The van der Waals surface area contributed by atoms with Crippen LogP contribution in [0.5, 0.6) is 5.75 Å². The first-order valence-corrected chi connectivity index (χ1v) is 7.19. The predicted molar refractivity (Wildman–Crippen MR) is 80.6 cm³/mol. The van der Waals surface area contributed by atoms with Crippen LogP contribution in [-0.2, 0) is 13.1 Å². The van der Waals surface area contributed by atoms with Crippen molar-refractivity contribution in [1.29, 1.82) is 0 Å². The molecule has 3 nitrogen and oxygen atoms in total. The third-order valence-corrected chi connectivity index (χ3v) is 3.12. The highest BCUT2D eigenvalue weighted by atomic mass is 16.5. The van der Waals surface area contributed by atoms with Gasteiger partial charge in [-0.2, -0.15) is 0 Å². The zero-order valence-corrected chi connectivity index (χ0v) is 12.3. The molecule has 0 aliphatic heterocycles. The molecule has 2 aromatic rings. The molecule has 108 valence electrons. The van der Waals surface area contributed by atoms with Gasteiger partial charge in [0.05, 0.1) is 19.4 Å². The van der Waals surface area contributed by atoms with E-state index in [1.54, 1.807) is 6.26 Å².